The normalized spacial score (nSPS) is 13.1. The van der Waals surface area contributed by atoms with E-state index < -0.39 is 70.8 Å². The Morgan fingerprint density at radius 3 is 1.59 bits per heavy atom. The zero-order valence-corrected chi connectivity index (χ0v) is 13.2. The minimum atomic E-state index is -4.52. The van der Waals surface area contributed by atoms with Crippen molar-refractivity contribution in [2.24, 2.45) is 5.41 Å². The average Bonchev–Trinajstić information content (AvgIpc) is 2.29. The second-order valence-corrected chi connectivity index (χ2v) is 8.41. The van der Waals surface area contributed by atoms with E-state index >= 15 is 0 Å². The van der Waals surface area contributed by atoms with Gasteiger partial charge in [0, 0.05) is 6.54 Å². The van der Waals surface area contributed by atoms with Crippen molar-refractivity contribution < 1.29 is 48.5 Å². The van der Waals surface area contributed by atoms with E-state index in [0.29, 0.717) is 0 Å². The molecule has 0 heterocycles. The molecule has 0 fully saturated rings. The molecular weight excluding hydrogens is 344 g/mol. The van der Waals surface area contributed by atoms with E-state index in [4.69, 9.17) is 24.7 Å². The van der Waals surface area contributed by atoms with Crippen LogP contribution in [-0.4, -0.2) is 67.1 Å². The molecule has 0 atom stereocenters. The molecule has 0 saturated heterocycles. The van der Waals surface area contributed by atoms with Crippen molar-refractivity contribution in [2.45, 2.75) is 12.8 Å². The van der Waals surface area contributed by atoms with Crippen LogP contribution in [-0.2, 0) is 18.7 Å². The quantitative estimate of drug-likeness (QED) is 0.219. The number of hydrogen-bond donors (Lipinski definition) is 7. The molecule has 130 valence electrons. The maximum Gasteiger partial charge on any atom is 0.325 e. The van der Waals surface area contributed by atoms with Gasteiger partial charge in [-0.25, -0.2) is 0 Å². The molecule has 0 aromatic carbocycles. The second-order valence-electron chi connectivity index (χ2n) is 4.86. The van der Waals surface area contributed by atoms with Gasteiger partial charge >= 0.3 is 27.1 Å². The zero-order chi connectivity index (χ0) is 17.6. The van der Waals surface area contributed by atoms with Crippen LogP contribution in [0.5, 0.6) is 0 Å². The largest absolute Gasteiger partial charge is 0.481 e. The number of hydrogen-bond acceptors (Lipinski definition) is 5. The lowest BCUT2D eigenvalue weighted by atomic mass is 9.82. The summed E-state index contributed by atoms with van der Waals surface area (Å²) in [6.07, 6.45) is -2.71. The maximum atomic E-state index is 11.4. The topological polar surface area (TPSA) is 202 Å². The molecule has 7 N–H and O–H groups in total. The summed E-state index contributed by atoms with van der Waals surface area (Å²) in [6.45, 7) is -1.09. The van der Waals surface area contributed by atoms with Gasteiger partial charge in [-0.05, 0) is 12.8 Å². The van der Waals surface area contributed by atoms with E-state index in [-0.39, 0.29) is 0 Å². The summed E-state index contributed by atoms with van der Waals surface area (Å²) < 4.78 is 21.8. The predicted molar refractivity (Wildman–Crippen MR) is 73.6 cm³/mol. The lowest BCUT2D eigenvalue weighted by molar-refractivity contribution is -0.149. The van der Waals surface area contributed by atoms with Crippen molar-refractivity contribution in [2.75, 3.05) is 25.4 Å². The summed E-state index contributed by atoms with van der Waals surface area (Å²) in [5.74, 6) is -2.79. The minimum Gasteiger partial charge on any atom is -0.481 e. The summed E-state index contributed by atoms with van der Waals surface area (Å²) in [7, 11) is -9.04. The summed E-state index contributed by atoms with van der Waals surface area (Å²) >= 11 is 0. The molecule has 0 aliphatic heterocycles. The van der Waals surface area contributed by atoms with Crippen LogP contribution in [0.3, 0.4) is 0 Å². The first-order chi connectivity index (χ1) is 9.77. The van der Waals surface area contributed by atoms with Crippen molar-refractivity contribution >= 4 is 27.1 Å². The van der Waals surface area contributed by atoms with Crippen molar-refractivity contribution in [3.63, 3.8) is 0 Å². The van der Waals surface area contributed by atoms with Crippen molar-refractivity contribution in [3.8, 4) is 0 Å². The van der Waals surface area contributed by atoms with Crippen LogP contribution in [0.25, 0.3) is 0 Å². The van der Waals surface area contributed by atoms with E-state index in [1.807, 2.05) is 0 Å². The molecule has 0 unspecified atom stereocenters. The fourth-order valence-electron chi connectivity index (χ4n) is 1.72. The second kappa shape index (κ2) is 8.16. The molecular formula is C9H19NO10P2. The third kappa shape index (κ3) is 9.26. The van der Waals surface area contributed by atoms with Crippen LogP contribution in [0.1, 0.15) is 12.8 Å². The van der Waals surface area contributed by atoms with Crippen molar-refractivity contribution in [1.82, 2.24) is 5.32 Å². The Bertz CT molecular complexity index is 469. The van der Waals surface area contributed by atoms with E-state index in [9.17, 15) is 23.8 Å². The van der Waals surface area contributed by atoms with Crippen molar-refractivity contribution in [3.05, 3.63) is 0 Å². The van der Waals surface area contributed by atoms with Gasteiger partial charge < -0.3 is 35.1 Å². The highest BCUT2D eigenvalue weighted by Crippen LogP contribution is 2.44. The van der Waals surface area contributed by atoms with E-state index in [1.165, 1.54) is 0 Å². The van der Waals surface area contributed by atoms with E-state index in [2.05, 4.69) is 5.32 Å². The van der Waals surface area contributed by atoms with Gasteiger partial charge in [0.05, 0.1) is 24.3 Å². The van der Waals surface area contributed by atoms with E-state index in [0.717, 1.165) is 0 Å². The van der Waals surface area contributed by atoms with Gasteiger partial charge in [0.1, 0.15) is 0 Å². The maximum absolute atomic E-state index is 11.4. The van der Waals surface area contributed by atoms with Gasteiger partial charge in [-0.3, -0.25) is 18.7 Å². The molecule has 0 aliphatic carbocycles. The summed E-state index contributed by atoms with van der Waals surface area (Å²) in [4.78, 5) is 57.3. The van der Waals surface area contributed by atoms with E-state index in [1.54, 1.807) is 0 Å². The summed E-state index contributed by atoms with van der Waals surface area (Å²) in [6, 6.07) is 0. The third-order valence-electron chi connectivity index (χ3n) is 2.96. The highest BCUT2D eigenvalue weighted by atomic mass is 31.2. The molecule has 0 amide bonds. The lowest BCUT2D eigenvalue weighted by Crippen LogP contribution is -2.43. The average molecular weight is 363 g/mol. The monoisotopic (exact) mass is 363 g/mol. The van der Waals surface area contributed by atoms with Gasteiger partial charge in [-0.1, -0.05) is 0 Å². The number of rotatable bonds is 11. The molecule has 0 radical (unpaired) electrons. The Morgan fingerprint density at radius 1 is 0.909 bits per heavy atom. The van der Waals surface area contributed by atoms with Gasteiger partial charge in [0.2, 0.25) is 0 Å². The smallest absolute Gasteiger partial charge is 0.325 e. The van der Waals surface area contributed by atoms with Crippen LogP contribution in [0.4, 0.5) is 0 Å². The first kappa shape index (κ1) is 21.2. The Hall–Kier alpha value is -0.800. The molecule has 0 saturated carbocycles. The summed E-state index contributed by atoms with van der Waals surface area (Å²) in [5, 5.41) is 20.1. The SMILES string of the molecule is O=C(O)CNCC(CCP(=O)(O)O)(CCP(=O)(O)O)C(=O)O. The van der Waals surface area contributed by atoms with Gasteiger partial charge in [-0.2, -0.15) is 0 Å². The minimum absolute atomic E-state index is 0.491. The highest BCUT2D eigenvalue weighted by molar-refractivity contribution is 7.52. The third-order valence-corrected chi connectivity index (χ3v) is 4.57. The molecule has 0 spiro atoms. The number of nitrogens with one attached hydrogen (secondary N) is 1. The molecule has 0 aliphatic rings. The van der Waals surface area contributed by atoms with Gasteiger partial charge in [0.25, 0.3) is 0 Å². The molecule has 11 nitrogen and oxygen atoms in total. The number of aliphatic carboxylic acids is 2. The first-order valence-electron chi connectivity index (χ1n) is 6.02. The molecule has 0 aromatic heterocycles. The lowest BCUT2D eigenvalue weighted by Gasteiger charge is -2.30. The zero-order valence-electron chi connectivity index (χ0n) is 11.5. The van der Waals surface area contributed by atoms with Crippen LogP contribution >= 0.6 is 15.2 Å². The molecule has 22 heavy (non-hydrogen) atoms. The molecule has 13 heteroatoms. The Balaban J connectivity index is 5.16. The number of carbonyl (C=O) groups is 2. The fourth-order valence-corrected chi connectivity index (χ4v) is 3.16. The highest BCUT2D eigenvalue weighted by Gasteiger charge is 2.41. The Kier molecular flexibility index (Phi) is 7.87. The molecule has 0 bridgehead atoms. The van der Waals surface area contributed by atoms with Crippen LogP contribution < -0.4 is 5.32 Å². The number of carboxylic acids is 2. The van der Waals surface area contributed by atoms with Gasteiger partial charge in [0.15, 0.2) is 0 Å². The number of carboxylic acid groups (broad SMARTS) is 2. The Labute approximate surface area is 125 Å². The van der Waals surface area contributed by atoms with Crippen LogP contribution in [0.2, 0.25) is 0 Å². The van der Waals surface area contributed by atoms with Crippen molar-refractivity contribution in [1.29, 1.82) is 0 Å². The first-order valence-corrected chi connectivity index (χ1v) is 9.62. The predicted octanol–water partition coefficient (Wildman–Crippen LogP) is -1.13. The Morgan fingerprint density at radius 2 is 1.32 bits per heavy atom. The van der Waals surface area contributed by atoms with Crippen LogP contribution in [0, 0.1) is 5.41 Å². The molecule has 0 aromatic rings. The van der Waals surface area contributed by atoms with Crippen LogP contribution in [0.15, 0.2) is 0 Å². The standard InChI is InChI=1S/C9H19NO10P2/c11-7(12)5-10-6-9(8(13)14,1-3-21(15,16)17)2-4-22(18,19)20/h10H,1-6H2,(H,11,12)(H,13,14)(H2,15,16,17)(H2,18,19,20). The van der Waals surface area contributed by atoms with Gasteiger partial charge in [-0.15, -0.1) is 0 Å². The fraction of sp³-hybridized carbons (Fsp3) is 0.778. The molecule has 0 rings (SSSR count). The summed E-state index contributed by atoms with van der Waals surface area (Å²) in [5.41, 5.74) is -1.89.